The number of rotatable bonds is 11. The van der Waals surface area contributed by atoms with Crippen LogP contribution in [0.25, 0.3) is 0 Å². The van der Waals surface area contributed by atoms with Crippen LogP contribution < -0.4 is 10.6 Å². The van der Waals surface area contributed by atoms with Gasteiger partial charge >= 0.3 is 0 Å². The summed E-state index contributed by atoms with van der Waals surface area (Å²) < 4.78 is 10.4. The molecule has 6 nitrogen and oxygen atoms in total. The largest absolute Gasteiger partial charge is 0.382 e. The monoisotopic (exact) mass is 456 g/mol. The maximum Gasteiger partial charge on any atom is 0.191 e. The van der Waals surface area contributed by atoms with Crippen molar-refractivity contribution in [2.75, 3.05) is 59.7 Å². The van der Waals surface area contributed by atoms with Gasteiger partial charge in [0.05, 0.1) is 13.2 Å². The number of likely N-dealkylation sites (tertiary alicyclic amines) is 1. The Morgan fingerprint density at radius 3 is 2.75 bits per heavy atom. The molecule has 2 N–H and O–H groups in total. The van der Waals surface area contributed by atoms with Crippen LogP contribution in [0.4, 0.5) is 0 Å². The molecule has 7 heteroatoms. The van der Waals surface area contributed by atoms with E-state index < -0.39 is 0 Å². The second-order valence-electron chi connectivity index (χ2n) is 6.03. The highest BCUT2D eigenvalue weighted by atomic mass is 127. The van der Waals surface area contributed by atoms with Crippen LogP contribution in [0.15, 0.2) is 4.99 Å². The van der Waals surface area contributed by atoms with Crippen molar-refractivity contribution in [2.45, 2.75) is 45.6 Å². The number of guanidine groups is 1. The number of nitrogens with one attached hydrogen (secondary N) is 2. The van der Waals surface area contributed by atoms with Gasteiger partial charge in [-0.1, -0.05) is 6.42 Å². The zero-order valence-corrected chi connectivity index (χ0v) is 18.0. The molecule has 0 bridgehead atoms. The average molecular weight is 456 g/mol. The fourth-order valence-electron chi connectivity index (χ4n) is 2.75. The summed E-state index contributed by atoms with van der Waals surface area (Å²) in [6, 6.07) is 0.717. The molecule has 1 saturated heterocycles. The highest BCUT2D eigenvalue weighted by Crippen LogP contribution is 2.15. The van der Waals surface area contributed by atoms with Gasteiger partial charge in [0.25, 0.3) is 0 Å². The van der Waals surface area contributed by atoms with Gasteiger partial charge in [-0.05, 0) is 39.7 Å². The first kappa shape index (κ1) is 23.9. The summed E-state index contributed by atoms with van der Waals surface area (Å²) in [5, 5.41) is 6.74. The number of piperidine rings is 1. The smallest absolute Gasteiger partial charge is 0.191 e. The van der Waals surface area contributed by atoms with Crippen molar-refractivity contribution in [3.05, 3.63) is 0 Å². The van der Waals surface area contributed by atoms with E-state index >= 15 is 0 Å². The normalized spacial score (nSPS) is 19.0. The van der Waals surface area contributed by atoms with E-state index in [4.69, 9.17) is 9.47 Å². The maximum atomic E-state index is 5.45. The summed E-state index contributed by atoms with van der Waals surface area (Å²) in [5.41, 5.74) is 0. The molecule has 0 saturated carbocycles. The van der Waals surface area contributed by atoms with Crippen LogP contribution in [0.1, 0.15) is 39.5 Å². The zero-order chi connectivity index (χ0) is 16.8. The summed E-state index contributed by atoms with van der Waals surface area (Å²) in [6.45, 7) is 11.4. The van der Waals surface area contributed by atoms with E-state index in [0.29, 0.717) is 19.3 Å². The molecule has 0 radical (unpaired) electrons. The fraction of sp³-hybridized carbons (Fsp3) is 0.941. The van der Waals surface area contributed by atoms with Gasteiger partial charge in [0, 0.05) is 45.9 Å². The predicted octanol–water partition coefficient (Wildman–Crippen LogP) is 2.09. The van der Waals surface area contributed by atoms with Crippen molar-refractivity contribution in [3.63, 3.8) is 0 Å². The quantitative estimate of drug-likeness (QED) is 0.216. The third-order valence-corrected chi connectivity index (χ3v) is 4.12. The second kappa shape index (κ2) is 16.4. The molecule has 144 valence electrons. The molecular weight excluding hydrogens is 419 g/mol. The highest BCUT2D eigenvalue weighted by Gasteiger charge is 2.17. The Balaban J connectivity index is 0.00000529. The van der Waals surface area contributed by atoms with Crippen LogP contribution in [0.5, 0.6) is 0 Å². The minimum Gasteiger partial charge on any atom is -0.382 e. The van der Waals surface area contributed by atoms with Crippen molar-refractivity contribution >= 4 is 29.9 Å². The zero-order valence-electron chi connectivity index (χ0n) is 15.7. The van der Waals surface area contributed by atoms with Gasteiger partial charge in [-0.25, -0.2) is 0 Å². The van der Waals surface area contributed by atoms with E-state index in [1.807, 2.05) is 0 Å². The Labute approximate surface area is 165 Å². The molecule has 0 aliphatic carbocycles. The van der Waals surface area contributed by atoms with Crippen LogP contribution in [0, 0.1) is 0 Å². The van der Waals surface area contributed by atoms with Crippen molar-refractivity contribution < 1.29 is 9.47 Å². The molecule has 0 aromatic heterocycles. The van der Waals surface area contributed by atoms with Crippen molar-refractivity contribution in [1.29, 1.82) is 0 Å². The molecule has 1 heterocycles. The molecule has 1 aliphatic heterocycles. The number of aliphatic imine (C=N–C) groups is 1. The van der Waals surface area contributed by atoms with Crippen LogP contribution >= 0.6 is 24.0 Å². The van der Waals surface area contributed by atoms with E-state index in [-0.39, 0.29) is 24.0 Å². The first-order valence-corrected chi connectivity index (χ1v) is 9.10. The molecule has 0 aromatic carbocycles. The Kier molecular flexibility index (Phi) is 16.3. The molecule has 1 aliphatic rings. The third kappa shape index (κ3) is 11.4. The van der Waals surface area contributed by atoms with E-state index in [1.54, 1.807) is 7.11 Å². The molecule has 0 amide bonds. The first-order chi connectivity index (χ1) is 11.3. The second-order valence-corrected chi connectivity index (χ2v) is 6.03. The fourth-order valence-corrected chi connectivity index (χ4v) is 2.75. The van der Waals surface area contributed by atoms with E-state index in [1.165, 1.54) is 25.8 Å². The molecule has 1 fully saturated rings. The predicted molar refractivity (Wildman–Crippen MR) is 112 cm³/mol. The van der Waals surface area contributed by atoms with Crippen molar-refractivity contribution in [3.8, 4) is 0 Å². The topological polar surface area (TPSA) is 58.1 Å². The Morgan fingerprint density at radius 2 is 2.04 bits per heavy atom. The van der Waals surface area contributed by atoms with E-state index in [9.17, 15) is 0 Å². The lowest BCUT2D eigenvalue weighted by Crippen LogP contribution is -2.45. The van der Waals surface area contributed by atoms with E-state index in [2.05, 4.69) is 34.4 Å². The minimum atomic E-state index is 0. The maximum absolute atomic E-state index is 5.45. The SMILES string of the molecule is CCNC(=NCCCOCCOC)NCCN1CCCCC1C.I. The number of ether oxygens (including phenoxy) is 2. The number of hydrogen-bond acceptors (Lipinski definition) is 4. The summed E-state index contributed by atoms with van der Waals surface area (Å²) in [6.07, 6.45) is 4.98. The van der Waals surface area contributed by atoms with Gasteiger partial charge in [0.15, 0.2) is 5.96 Å². The molecule has 1 unspecified atom stereocenters. The number of halogens is 1. The Bertz CT molecular complexity index is 319. The van der Waals surface area contributed by atoms with Gasteiger partial charge in [-0.3, -0.25) is 9.89 Å². The summed E-state index contributed by atoms with van der Waals surface area (Å²) in [5.74, 6) is 0.911. The molecule has 0 spiro atoms. The van der Waals surface area contributed by atoms with Crippen LogP contribution in [0.3, 0.4) is 0 Å². The summed E-state index contributed by atoms with van der Waals surface area (Å²) in [7, 11) is 1.69. The molecule has 24 heavy (non-hydrogen) atoms. The van der Waals surface area contributed by atoms with Crippen LogP contribution in [-0.2, 0) is 9.47 Å². The number of hydrogen-bond donors (Lipinski definition) is 2. The third-order valence-electron chi connectivity index (χ3n) is 4.12. The average Bonchev–Trinajstić information content (AvgIpc) is 2.55. The van der Waals surface area contributed by atoms with Gasteiger partial charge in [0.1, 0.15) is 0 Å². The van der Waals surface area contributed by atoms with Crippen molar-refractivity contribution in [1.82, 2.24) is 15.5 Å². The van der Waals surface area contributed by atoms with E-state index in [0.717, 1.165) is 45.2 Å². The summed E-state index contributed by atoms with van der Waals surface area (Å²) in [4.78, 5) is 7.17. The lowest BCUT2D eigenvalue weighted by Gasteiger charge is -2.33. The summed E-state index contributed by atoms with van der Waals surface area (Å²) >= 11 is 0. The highest BCUT2D eigenvalue weighted by molar-refractivity contribution is 14.0. The standard InChI is InChI=1S/C17H36N4O2.HI/c1-4-18-17(19-9-7-13-23-15-14-22-3)20-10-12-21-11-6-5-8-16(21)2;/h16H,4-15H2,1-3H3,(H2,18,19,20);1H. The number of nitrogens with zero attached hydrogens (tertiary/aromatic N) is 2. The van der Waals surface area contributed by atoms with Crippen LogP contribution in [0.2, 0.25) is 0 Å². The molecule has 1 rings (SSSR count). The lowest BCUT2D eigenvalue weighted by atomic mass is 10.0. The van der Waals surface area contributed by atoms with Crippen molar-refractivity contribution in [2.24, 2.45) is 4.99 Å². The minimum absolute atomic E-state index is 0. The van der Waals surface area contributed by atoms with Gasteiger partial charge < -0.3 is 20.1 Å². The molecule has 1 atom stereocenters. The number of methoxy groups -OCH3 is 1. The van der Waals surface area contributed by atoms with Gasteiger partial charge in [-0.2, -0.15) is 0 Å². The molecular formula is C17H37IN4O2. The van der Waals surface area contributed by atoms with Gasteiger partial charge in [-0.15, -0.1) is 24.0 Å². The van der Waals surface area contributed by atoms with Gasteiger partial charge in [0.2, 0.25) is 0 Å². The Morgan fingerprint density at radius 1 is 1.21 bits per heavy atom. The van der Waals surface area contributed by atoms with Crippen LogP contribution in [-0.4, -0.2) is 76.6 Å². The first-order valence-electron chi connectivity index (χ1n) is 9.10. The lowest BCUT2D eigenvalue weighted by molar-refractivity contribution is 0.0702. The molecule has 0 aromatic rings. The Hall–Kier alpha value is -0.120.